The molecule has 0 aliphatic carbocycles. The summed E-state index contributed by atoms with van der Waals surface area (Å²) in [5.41, 5.74) is 2.26. The van der Waals surface area contributed by atoms with Gasteiger partial charge in [-0.1, -0.05) is 24.3 Å². The van der Waals surface area contributed by atoms with E-state index < -0.39 is 27.9 Å². The molecule has 1 unspecified atom stereocenters. The molecular formula is C25H29N3O6S. The van der Waals surface area contributed by atoms with Gasteiger partial charge in [0.1, 0.15) is 16.7 Å². The first kappa shape index (κ1) is 26.0. The Balaban J connectivity index is 1.78. The van der Waals surface area contributed by atoms with E-state index in [1.54, 1.807) is 26.1 Å². The molecule has 3 N–H and O–H groups in total. The molecule has 2 aromatic carbocycles. The topological polar surface area (TPSA) is 127 Å². The fourth-order valence-electron chi connectivity index (χ4n) is 3.63. The minimum atomic E-state index is -3.82. The van der Waals surface area contributed by atoms with Crippen LogP contribution in [0.2, 0.25) is 0 Å². The standard InChI is InChI=1S/C25H29N3O6S/c1-16(2)28-35(31,32)23-13-17(9-11-22(23)33-3)10-12-24(29)27-21(25(30)34-4)14-18-15-26-20-8-6-5-7-19(18)20/h5-13,15-16,21,26,28H,14H2,1-4H3,(H,27,29). The monoisotopic (exact) mass is 499 g/mol. The first-order chi connectivity index (χ1) is 16.6. The Labute approximate surface area is 204 Å². The number of carbonyl (C=O) groups excluding carboxylic acids is 2. The van der Waals surface area contributed by atoms with Crippen LogP contribution in [0.15, 0.2) is 59.6 Å². The van der Waals surface area contributed by atoms with E-state index in [4.69, 9.17) is 9.47 Å². The molecule has 1 aromatic heterocycles. The number of carbonyl (C=O) groups is 2. The summed E-state index contributed by atoms with van der Waals surface area (Å²) in [6.45, 7) is 3.43. The van der Waals surface area contributed by atoms with Crippen molar-refractivity contribution >= 4 is 38.9 Å². The molecule has 35 heavy (non-hydrogen) atoms. The smallest absolute Gasteiger partial charge is 0.328 e. The lowest BCUT2D eigenvalue weighted by atomic mass is 10.0. The molecule has 0 aliphatic rings. The van der Waals surface area contributed by atoms with Gasteiger partial charge in [0, 0.05) is 35.6 Å². The van der Waals surface area contributed by atoms with Crippen molar-refractivity contribution < 1.29 is 27.5 Å². The first-order valence-electron chi connectivity index (χ1n) is 11.0. The molecule has 186 valence electrons. The number of amides is 1. The molecule has 3 aromatic rings. The van der Waals surface area contributed by atoms with Crippen LogP contribution in [0.4, 0.5) is 0 Å². The third-order valence-corrected chi connectivity index (χ3v) is 6.88. The quantitative estimate of drug-likeness (QED) is 0.291. The highest BCUT2D eigenvalue weighted by Crippen LogP contribution is 2.25. The Morgan fingerprint density at radius 3 is 2.54 bits per heavy atom. The van der Waals surface area contributed by atoms with Crippen molar-refractivity contribution in [2.45, 2.75) is 37.2 Å². The molecule has 0 saturated heterocycles. The number of aromatic amines is 1. The Bertz CT molecular complexity index is 1340. The minimum absolute atomic E-state index is 0.0389. The number of hydrogen-bond acceptors (Lipinski definition) is 6. The number of ether oxygens (including phenoxy) is 2. The predicted octanol–water partition coefficient (Wildman–Crippen LogP) is 2.78. The van der Waals surface area contributed by atoms with E-state index in [1.807, 2.05) is 24.3 Å². The summed E-state index contributed by atoms with van der Waals surface area (Å²) in [5, 5.41) is 3.62. The van der Waals surface area contributed by atoms with Crippen LogP contribution >= 0.6 is 0 Å². The van der Waals surface area contributed by atoms with Gasteiger partial charge in [0.2, 0.25) is 15.9 Å². The van der Waals surface area contributed by atoms with E-state index >= 15 is 0 Å². The van der Waals surface area contributed by atoms with E-state index in [9.17, 15) is 18.0 Å². The number of rotatable bonds is 10. The summed E-state index contributed by atoms with van der Waals surface area (Å²) in [5.74, 6) is -0.917. The van der Waals surface area contributed by atoms with Crippen molar-refractivity contribution in [3.63, 3.8) is 0 Å². The average molecular weight is 500 g/mol. The summed E-state index contributed by atoms with van der Waals surface area (Å²) in [6.07, 6.45) is 4.73. The van der Waals surface area contributed by atoms with Crippen LogP contribution in [0.25, 0.3) is 17.0 Å². The Morgan fingerprint density at radius 2 is 1.86 bits per heavy atom. The zero-order valence-electron chi connectivity index (χ0n) is 20.0. The second kappa shape index (κ2) is 11.2. The van der Waals surface area contributed by atoms with Crippen molar-refractivity contribution in [2.24, 2.45) is 0 Å². The lowest BCUT2D eigenvalue weighted by molar-refractivity contribution is -0.144. The number of sulfonamides is 1. The van der Waals surface area contributed by atoms with Crippen LogP contribution < -0.4 is 14.8 Å². The van der Waals surface area contributed by atoms with Crippen LogP contribution in [-0.4, -0.2) is 51.6 Å². The van der Waals surface area contributed by atoms with Crippen molar-refractivity contribution in [3.8, 4) is 5.75 Å². The first-order valence-corrected chi connectivity index (χ1v) is 12.4. The molecule has 1 amide bonds. The highest BCUT2D eigenvalue weighted by atomic mass is 32.2. The van der Waals surface area contributed by atoms with E-state index in [0.717, 1.165) is 16.5 Å². The van der Waals surface area contributed by atoms with Gasteiger partial charge in [-0.2, -0.15) is 0 Å². The maximum Gasteiger partial charge on any atom is 0.328 e. The van der Waals surface area contributed by atoms with Gasteiger partial charge in [0.25, 0.3) is 0 Å². The summed E-state index contributed by atoms with van der Waals surface area (Å²) in [6, 6.07) is 11.0. The molecular weight excluding hydrogens is 470 g/mol. The lowest BCUT2D eigenvalue weighted by Crippen LogP contribution is -2.42. The highest BCUT2D eigenvalue weighted by Gasteiger charge is 2.23. The number of aromatic nitrogens is 1. The molecule has 0 aliphatic heterocycles. The van der Waals surface area contributed by atoms with Gasteiger partial charge < -0.3 is 19.8 Å². The van der Waals surface area contributed by atoms with Crippen molar-refractivity contribution in [2.75, 3.05) is 14.2 Å². The predicted molar refractivity (Wildman–Crippen MR) is 133 cm³/mol. The Kier molecular flexibility index (Phi) is 8.31. The largest absolute Gasteiger partial charge is 0.495 e. The summed E-state index contributed by atoms with van der Waals surface area (Å²) < 4.78 is 37.9. The van der Waals surface area contributed by atoms with Crippen molar-refractivity contribution in [1.82, 2.24) is 15.0 Å². The molecule has 10 heteroatoms. The molecule has 3 rings (SSSR count). The van der Waals surface area contributed by atoms with Crippen molar-refractivity contribution in [1.29, 1.82) is 0 Å². The van der Waals surface area contributed by atoms with Crippen LogP contribution in [-0.2, 0) is 30.8 Å². The van der Waals surface area contributed by atoms with Crippen molar-refractivity contribution in [3.05, 3.63) is 65.9 Å². The van der Waals surface area contributed by atoms with Crippen LogP contribution in [0.5, 0.6) is 5.75 Å². The van der Waals surface area contributed by atoms with Gasteiger partial charge in [-0.3, -0.25) is 4.79 Å². The number of nitrogens with one attached hydrogen (secondary N) is 3. The van der Waals surface area contributed by atoms with Crippen LogP contribution in [0.1, 0.15) is 25.0 Å². The number of para-hydroxylation sites is 1. The number of hydrogen-bond donors (Lipinski definition) is 3. The lowest BCUT2D eigenvalue weighted by Gasteiger charge is -2.15. The van der Waals surface area contributed by atoms with Crippen LogP contribution in [0, 0.1) is 0 Å². The molecule has 1 heterocycles. The molecule has 9 nitrogen and oxygen atoms in total. The van der Waals surface area contributed by atoms with E-state index in [2.05, 4.69) is 15.0 Å². The second-order valence-electron chi connectivity index (χ2n) is 8.17. The van der Waals surface area contributed by atoms with E-state index in [-0.39, 0.29) is 23.1 Å². The van der Waals surface area contributed by atoms with E-state index in [0.29, 0.717) is 5.56 Å². The fraction of sp³-hybridized carbons (Fsp3) is 0.280. The molecule has 1 atom stereocenters. The van der Waals surface area contributed by atoms with Gasteiger partial charge in [0.05, 0.1) is 14.2 Å². The Morgan fingerprint density at radius 1 is 1.11 bits per heavy atom. The minimum Gasteiger partial charge on any atom is -0.495 e. The van der Waals surface area contributed by atoms with Gasteiger partial charge in [-0.25, -0.2) is 17.9 Å². The average Bonchev–Trinajstić information content (AvgIpc) is 3.23. The molecule has 0 saturated carbocycles. The molecule has 0 bridgehead atoms. The maximum atomic E-state index is 12.7. The molecule has 0 radical (unpaired) electrons. The zero-order valence-corrected chi connectivity index (χ0v) is 20.8. The maximum absolute atomic E-state index is 12.7. The normalized spacial score (nSPS) is 12.7. The summed E-state index contributed by atoms with van der Waals surface area (Å²) in [4.78, 5) is 28.1. The van der Waals surface area contributed by atoms with Gasteiger partial charge >= 0.3 is 5.97 Å². The van der Waals surface area contributed by atoms with Gasteiger partial charge in [-0.15, -0.1) is 0 Å². The number of methoxy groups -OCH3 is 2. The molecule has 0 spiro atoms. The number of esters is 1. The number of H-pyrrole nitrogens is 1. The number of fused-ring (bicyclic) bond motifs is 1. The fourth-order valence-corrected chi connectivity index (χ4v) is 5.08. The van der Waals surface area contributed by atoms with Gasteiger partial charge in [0.15, 0.2) is 0 Å². The Hall–Kier alpha value is -3.63. The zero-order chi connectivity index (χ0) is 25.6. The third kappa shape index (κ3) is 6.49. The second-order valence-corrected chi connectivity index (χ2v) is 9.85. The number of benzene rings is 2. The van der Waals surface area contributed by atoms with Gasteiger partial charge in [-0.05, 0) is 49.2 Å². The highest BCUT2D eigenvalue weighted by molar-refractivity contribution is 7.89. The molecule has 0 fully saturated rings. The third-order valence-electron chi connectivity index (χ3n) is 5.20. The van der Waals surface area contributed by atoms with E-state index in [1.165, 1.54) is 38.5 Å². The summed E-state index contributed by atoms with van der Waals surface area (Å²) in [7, 11) is -1.17. The van der Waals surface area contributed by atoms with Crippen LogP contribution in [0.3, 0.4) is 0 Å². The summed E-state index contributed by atoms with van der Waals surface area (Å²) >= 11 is 0. The SMILES string of the molecule is COC(=O)C(Cc1c[nH]c2ccccc12)NC(=O)C=Cc1ccc(OC)c(S(=O)(=O)NC(C)C)c1.